The molecule has 1 N–H and O–H groups in total. The van der Waals surface area contributed by atoms with Crippen LogP contribution in [0.1, 0.15) is 16.3 Å². The van der Waals surface area contributed by atoms with E-state index >= 15 is 0 Å². The fourth-order valence-corrected chi connectivity index (χ4v) is 3.16. The third kappa shape index (κ3) is 4.71. The van der Waals surface area contributed by atoms with Gasteiger partial charge in [0.25, 0.3) is 5.91 Å². The molecule has 3 aromatic rings. The highest BCUT2D eigenvalue weighted by Crippen LogP contribution is 2.22. The van der Waals surface area contributed by atoms with Crippen molar-refractivity contribution in [1.29, 1.82) is 0 Å². The first-order chi connectivity index (χ1) is 13.0. The Labute approximate surface area is 161 Å². The summed E-state index contributed by atoms with van der Waals surface area (Å²) in [5, 5.41) is 9.16. The minimum absolute atomic E-state index is 0.358. The molecule has 0 saturated carbocycles. The molecule has 0 bridgehead atoms. The second-order valence-electron chi connectivity index (χ2n) is 5.80. The monoisotopic (exact) mass is 381 g/mol. The van der Waals surface area contributed by atoms with Gasteiger partial charge in [0.15, 0.2) is 6.61 Å². The third-order valence-electron chi connectivity index (χ3n) is 3.83. The standard InChI is InChI=1S/C20H19N3O3S/c1-14-20(15(2)23(22-14)16-7-4-3-5-8-16)21-18(24)13-26-19(25)11-10-17-9-6-12-27-17/h3-12H,13H2,1-2H3,(H,21,24). The number of ether oxygens (including phenoxy) is 1. The minimum atomic E-state index is -0.563. The number of thiophene rings is 1. The molecule has 0 saturated heterocycles. The number of benzene rings is 1. The molecule has 6 nitrogen and oxygen atoms in total. The maximum atomic E-state index is 12.2. The zero-order valence-corrected chi connectivity index (χ0v) is 15.8. The fraction of sp³-hybridized carbons (Fsp3) is 0.150. The third-order valence-corrected chi connectivity index (χ3v) is 4.67. The summed E-state index contributed by atoms with van der Waals surface area (Å²) >= 11 is 1.51. The van der Waals surface area contributed by atoms with Crippen LogP contribution in [0.25, 0.3) is 11.8 Å². The molecule has 138 valence electrons. The number of nitrogens with one attached hydrogen (secondary N) is 1. The molecule has 3 rings (SSSR count). The second kappa shape index (κ2) is 8.46. The molecule has 0 fully saturated rings. The van der Waals surface area contributed by atoms with Gasteiger partial charge in [-0.2, -0.15) is 5.10 Å². The summed E-state index contributed by atoms with van der Waals surface area (Å²) < 4.78 is 6.75. The molecule has 0 aliphatic heterocycles. The van der Waals surface area contributed by atoms with Crippen molar-refractivity contribution in [2.24, 2.45) is 0 Å². The van der Waals surface area contributed by atoms with Crippen molar-refractivity contribution >= 4 is 35.0 Å². The molecule has 0 atom stereocenters. The van der Waals surface area contributed by atoms with Gasteiger partial charge in [-0.15, -0.1) is 11.3 Å². The van der Waals surface area contributed by atoms with Gasteiger partial charge in [-0.05, 0) is 43.5 Å². The van der Waals surface area contributed by atoms with Gasteiger partial charge in [0.05, 0.1) is 22.8 Å². The topological polar surface area (TPSA) is 73.2 Å². The number of anilines is 1. The molecule has 2 aromatic heterocycles. The van der Waals surface area contributed by atoms with Gasteiger partial charge < -0.3 is 10.1 Å². The van der Waals surface area contributed by atoms with E-state index in [1.54, 1.807) is 10.8 Å². The maximum Gasteiger partial charge on any atom is 0.331 e. The van der Waals surface area contributed by atoms with E-state index in [0.717, 1.165) is 16.3 Å². The number of aryl methyl sites for hydroxylation is 1. The Balaban J connectivity index is 1.60. The molecular weight excluding hydrogens is 362 g/mol. The van der Waals surface area contributed by atoms with Gasteiger partial charge in [-0.3, -0.25) is 4.79 Å². The normalized spacial score (nSPS) is 10.9. The van der Waals surface area contributed by atoms with Crippen LogP contribution in [0.3, 0.4) is 0 Å². The summed E-state index contributed by atoms with van der Waals surface area (Å²) in [5.74, 6) is -0.973. The van der Waals surface area contributed by atoms with Crippen LogP contribution >= 0.6 is 11.3 Å². The lowest BCUT2D eigenvalue weighted by Gasteiger charge is -2.07. The zero-order chi connectivity index (χ0) is 19.2. The van der Waals surface area contributed by atoms with Gasteiger partial charge in [0, 0.05) is 11.0 Å². The van der Waals surface area contributed by atoms with Crippen LogP contribution in [0, 0.1) is 13.8 Å². The first-order valence-corrected chi connectivity index (χ1v) is 9.22. The minimum Gasteiger partial charge on any atom is -0.452 e. The van der Waals surface area contributed by atoms with Crippen molar-refractivity contribution in [2.75, 3.05) is 11.9 Å². The molecule has 2 heterocycles. The lowest BCUT2D eigenvalue weighted by atomic mass is 10.3. The van der Waals surface area contributed by atoms with Crippen LogP contribution in [-0.4, -0.2) is 28.3 Å². The predicted octanol–water partition coefficient (Wildman–Crippen LogP) is 3.75. The maximum absolute atomic E-state index is 12.2. The van der Waals surface area contributed by atoms with Crippen molar-refractivity contribution in [3.8, 4) is 5.69 Å². The lowest BCUT2D eigenvalue weighted by molar-refractivity contribution is -0.142. The summed E-state index contributed by atoms with van der Waals surface area (Å²) in [4.78, 5) is 24.8. The average molecular weight is 381 g/mol. The molecule has 0 aliphatic carbocycles. The molecule has 1 aromatic carbocycles. The highest BCUT2D eigenvalue weighted by atomic mass is 32.1. The van der Waals surface area contributed by atoms with Gasteiger partial charge in [-0.1, -0.05) is 24.3 Å². The molecule has 1 amide bonds. The highest BCUT2D eigenvalue weighted by Gasteiger charge is 2.15. The Hall–Kier alpha value is -3.19. The number of para-hydroxylation sites is 1. The van der Waals surface area contributed by atoms with Crippen LogP contribution in [0.2, 0.25) is 0 Å². The summed E-state index contributed by atoms with van der Waals surface area (Å²) in [6.45, 7) is 3.33. The molecule has 0 spiro atoms. The highest BCUT2D eigenvalue weighted by molar-refractivity contribution is 7.10. The SMILES string of the molecule is Cc1nn(-c2ccccc2)c(C)c1NC(=O)COC(=O)C=Cc1cccs1. The number of nitrogens with zero attached hydrogens (tertiary/aromatic N) is 2. The first-order valence-electron chi connectivity index (χ1n) is 8.34. The van der Waals surface area contributed by atoms with E-state index < -0.39 is 11.9 Å². The zero-order valence-electron chi connectivity index (χ0n) is 15.0. The van der Waals surface area contributed by atoms with Gasteiger partial charge in [0.2, 0.25) is 0 Å². The van der Waals surface area contributed by atoms with Crippen LogP contribution in [0.15, 0.2) is 53.9 Å². The van der Waals surface area contributed by atoms with Gasteiger partial charge in [0.1, 0.15) is 0 Å². The summed E-state index contributed by atoms with van der Waals surface area (Å²) in [7, 11) is 0. The number of carbonyl (C=O) groups excluding carboxylic acids is 2. The molecule has 0 unspecified atom stereocenters. The van der Waals surface area contributed by atoms with E-state index in [2.05, 4.69) is 10.4 Å². The quantitative estimate of drug-likeness (QED) is 0.521. The van der Waals surface area contributed by atoms with Crippen molar-refractivity contribution in [1.82, 2.24) is 9.78 Å². The Morgan fingerprint density at radius 2 is 1.96 bits per heavy atom. The lowest BCUT2D eigenvalue weighted by Crippen LogP contribution is -2.20. The number of hydrogen-bond acceptors (Lipinski definition) is 5. The summed E-state index contributed by atoms with van der Waals surface area (Å²) in [6, 6.07) is 13.4. The first kappa shape index (κ1) is 18.6. The molecule has 0 radical (unpaired) electrons. The van der Waals surface area contributed by atoms with Crippen molar-refractivity contribution in [3.63, 3.8) is 0 Å². The number of hydrogen-bond donors (Lipinski definition) is 1. The Kier molecular flexibility index (Phi) is 5.83. The number of carbonyl (C=O) groups is 2. The van der Waals surface area contributed by atoms with E-state index in [1.807, 2.05) is 61.7 Å². The molecular formula is C20H19N3O3S. The van der Waals surface area contributed by atoms with Crippen LogP contribution in [0.4, 0.5) is 5.69 Å². The molecule has 0 aliphatic rings. The summed E-state index contributed by atoms with van der Waals surface area (Å²) in [6.07, 6.45) is 2.96. The average Bonchev–Trinajstić information content (AvgIpc) is 3.29. The van der Waals surface area contributed by atoms with E-state index in [4.69, 9.17) is 4.74 Å². The van der Waals surface area contributed by atoms with Crippen molar-refractivity contribution in [3.05, 3.63) is 70.2 Å². The number of amides is 1. The molecule has 27 heavy (non-hydrogen) atoms. The smallest absolute Gasteiger partial charge is 0.331 e. The Bertz CT molecular complexity index is 960. The number of aromatic nitrogens is 2. The summed E-state index contributed by atoms with van der Waals surface area (Å²) in [5.41, 5.74) is 3.02. The Morgan fingerprint density at radius 1 is 1.19 bits per heavy atom. The van der Waals surface area contributed by atoms with E-state index in [9.17, 15) is 9.59 Å². The molecule has 7 heteroatoms. The van der Waals surface area contributed by atoms with E-state index in [1.165, 1.54) is 17.4 Å². The number of esters is 1. The predicted molar refractivity (Wildman–Crippen MR) is 106 cm³/mol. The van der Waals surface area contributed by atoms with Crippen LogP contribution < -0.4 is 5.32 Å². The fourth-order valence-electron chi connectivity index (χ4n) is 2.54. The van der Waals surface area contributed by atoms with Gasteiger partial charge in [-0.25, -0.2) is 9.48 Å². The van der Waals surface area contributed by atoms with Crippen molar-refractivity contribution < 1.29 is 14.3 Å². The Morgan fingerprint density at radius 3 is 2.67 bits per heavy atom. The van der Waals surface area contributed by atoms with E-state index in [0.29, 0.717) is 11.4 Å². The van der Waals surface area contributed by atoms with E-state index in [-0.39, 0.29) is 6.61 Å². The van der Waals surface area contributed by atoms with Crippen LogP contribution in [0.5, 0.6) is 0 Å². The number of rotatable bonds is 6. The second-order valence-corrected chi connectivity index (χ2v) is 6.78. The van der Waals surface area contributed by atoms with Crippen LogP contribution in [-0.2, 0) is 14.3 Å². The van der Waals surface area contributed by atoms with Crippen molar-refractivity contribution in [2.45, 2.75) is 13.8 Å². The van der Waals surface area contributed by atoms with Gasteiger partial charge >= 0.3 is 5.97 Å². The largest absolute Gasteiger partial charge is 0.452 e.